The average Bonchev–Trinajstić information content (AvgIpc) is 1.60. The van der Waals surface area contributed by atoms with Gasteiger partial charge >= 0.3 is 15.6 Å². The number of hydrogen-bond donors (Lipinski definition) is 1. The average molecular weight is 198 g/mol. The monoisotopic (exact) mass is 198 g/mol. The van der Waals surface area contributed by atoms with Crippen LogP contribution in [0.3, 0.4) is 0 Å². The van der Waals surface area contributed by atoms with E-state index >= 15 is 0 Å². The van der Waals surface area contributed by atoms with Crippen molar-refractivity contribution in [2.75, 3.05) is 6.67 Å². The van der Waals surface area contributed by atoms with Crippen molar-refractivity contribution in [1.82, 2.24) is 0 Å². The van der Waals surface area contributed by atoms with Gasteiger partial charge in [-0.15, -0.1) is 0 Å². The van der Waals surface area contributed by atoms with Crippen LogP contribution in [-0.2, 0) is 10.1 Å². The van der Waals surface area contributed by atoms with Crippen LogP contribution < -0.4 is 0 Å². The molecule has 0 fully saturated rings. The Hall–Kier alpha value is -0.370. The molecule has 11 heavy (non-hydrogen) atoms. The third-order valence-electron chi connectivity index (χ3n) is 0.292. The van der Waals surface area contributed by atoms with Crippen molar-refractivity contribution in [3.63, 3.8) is 0 Å². The molecular formula is C3H6F4O3S. The molecule has 0 aromatic heterocycles. The van der Waals surface area contributed by atoms with E-state index in [0.29, 0.717) is 0 Å². The molecule has 70 valence electrons. The molecule has 1 N–H and O–H groups in total. The van der Waals surface area contributed by atoms with Crippen molar-refractivity contribution in [3.8, 4) is 0 Å². The topological polar surface area (TPSA) is 54.4 Å². The highest BCUT2D eigenvalue weighted by Crippen LogP contribution is 2.20. The molecule has 0 aliphatic rings. The molecule has 0 bridgehead atoms. The van der Waals surface area contributed by atoms with Crippen molar-refractivity contribution in [2.24, 2.45) is 0 Å². The molecule has 0 aliphatic heterocycles. The van der Waals surface area contributed by atoms with E-state index in [1.54, 1.807) is 0 Å². The number of hydrogen-bond acceptors (Lipinski definition) is 2. The summed E-state index contributed by atoms with van der Waals surface area (Å²) in [6.45, 7) is 1.21. The predicted octanol–water partition coefficient (Wildman–Crippen LogP) is 1.37. The third kappa shape index (κ3) is 7.53. The van der Waals surface area contributed by atoms with E-state index in [1.807, 2.05) is 0 Å². The molecule has 0 aromatic carbocycles. The normalized spacial score (nSPS) is 11.8. The largest absolute Gasteiger partial charge is 0.522 e. The molecule has 0 heterocycles. The van der Waals surface area contributed by atoms with Crippen LogP contribution >= 0.6 is 0 Å². The van der Waals surface area contributed by atoms with Gasteiger partial charge in [0.25, 0.3) is 0 Å². The van der Waals surface area contributed by atoms with Gasteiger partial charge in [-0.2, -0.15) is 21.6 Å². The van der Waals surface area contributed by atoms with Crippen LogP contribution in [-0.4, -0.2) is 25.2 Å². The van der Waals surface area contributed by atoms with Crippen LogP contribution in [0.15, 0.2) is 0 Å². The lowest BCUT2D eigenvalue weighted by atomic mass is 10.9. The summed E-state index contributed by atoms with van der Waals surface area (Å²) in [5.74, 6) is 0. The molecule has 0 spiro atoms. The van der Waals surface area contributed by atoms with Crippen LogP contribution in [0.1, 0.15) is 6.92 Å². The number of rotatable bonds is 0. The lowest BCUT2D eigenvalue weighted by Crippen LogP contribution is -2.21. The van der Waals surface area contributed by atoms with Gasteiger partial charge in [0.2, 0.25) is 0 Å². The molecular weight excluding hydrogens is 192 g/mol. The molecule has 0 aromatic rings. The summed E-state index contributed by atoms with van der Waals surface area (Å²) in [5, 5.41) is 0. The van der Waals surface area contributed by atoms with E-state index < -0.39 is 15.6 Å². The summed E-state index contributed by atoms with van der Waals surface area (Å²) in [4.78, 5) is 0. The first-order chi connectivity index (χ1) is 4.66. The Labute approximate surface area is 60.8 Å². The maximum absolute atomic E-state index is 10.7. The fraction of sp³-hybridized carbons (Fsp3) is 1.00. The van der Waals surface area contributed by atoms with E-state index in [9.17, 15) is 17.6 Å². The van der Waals surface area contributed by atoms with Gasteiger partial charge in [-0.25, -0.2) is 0 Å². The lowest BCUT2D eigenvalue weighted by Gasteiger charge is -1.97. The van der Waals surface area contributed by atoms with Crippen LogP contribution in [0, 0.1) is 0 Å². The molecule has 0 atom stereocenters. The first-order valence-corrected chi connectivity index (χ1v) is 3.70. The van der Waals surface area contributed by atoms with Gasteiger partial charge in [0.05, 0.1) is 6.67 Å². The molecule has 0 saturated carbocycles. The Kier molecular flexibility index (Phi) is 5.41. The second kappa shape index (κ2) is 4.50. The Morgan fingerprint density at radius 3 is 1.45 bits per heavy atom. The Bertz CT molecular complexity index is 181. The predicted molar refractivity (Wildman–Crippen MR) is 29.3 cm³/mol. The van der Waals surface area contributed by atoms with E-state index in [4.69, 9.17) is 13.0 Å². The van der Waals surface area contributed by atoms with Crippen molar-refractivity contribution in [2.45, 2.75) is 12.4 Å². The van der Waals surface area contributed by atoms with E-state index in [2.05, 4.69) is 0 Å². The van der Waals surface area contributed by atoms with Crippen LogP contribution in [0.25, 0.3) is 0 Å². The first-order valence-electron chi connectivity index (χ1n) is 2.26. The van der Waals surface area contributed by atoms with Crippen LogP contribution in [0.2, 0.25) is 0 Å². The van der Waals surface area contributed by atoms with Gasteiger partial charge in [-0.1, -0.05) is 0 Å². The molecule has 0 saturated heterocycles. The maximum Gasteiger partial charge on any atom is 0.522 e. The Morgan fingerprint density at radius 2 is 1.45 bits per heavy atom. The van der Waals surface area contributed by atoms with Gasteiger partial charge in [0, 0.05) is 0 Å². The van der Waals surface area contributed by atoms with E-state index in [-0.39, 0.29) is 6.67 Å². The Balaban J connectivity index is 0. The fourth-order valence-electron chi connectivity index (χ4n) is 0. The number of halogens is 4. The Morgan fingerprint density at radius 1 is 1.36 bits per heavy atom. The highest BCUT2D eigenvalue weighted by Gasteiger charge is 2.44. The zero-order chi connectivity index (χ0) is 9.71. The molecule has 3 nitrogen and oxygen atoms in total. The van der Waals surface area contributed by atoms with Gasteiger partial charge in [-0.05, 0) is 6.92 Å². The SMILES string of the molecule is CCF.O=S(=O)(O)C(F)(F)F. The lowest BCUT2D eigenvalue weighted by molar-refractivity contribution is -0.0510. The second-order valence-corrected chi connectivity index (χ2v) is 2.60. The minimum atomic E-state index is -5.84. The minimum absolute atomic E-state index is 0.250. The highest BCUT2D eigenvalue weighted by atomic mass is 32.2. The highest BCUT2D eigenvalue weighted by molar-refractivity contribution is 7.86. The minimum Gasteiger partial charge on any atom is -0.279 e. The van der Waals surface area contributed by atoms with Crippen molar-refractivity contribution in [3.05, 3.63) is 0 Å². The zero-order valence-electron chi connectivity index (χ0n) is 5.39. The summed E-state index contributed by atoms with van der Waals surface area (Å²) in [7, 11) is -5.84. The van der Waals surface area contributed by atoms with Crippen molar-refractivity contribution >= 4 is 10.1 Å². The summed E-state index contributed by atoms with van der Waals surface area (Å²) in [6.07, 6.45) is 0. The van der Waals surface area contributed by atoms with Crippen LogP contribution in [0.5, 0.6) is 0 Å². The van der Waals surface area contributed by atoms with E-state index in [0.717, 1.165) is 0 Å². The van der Waals surface area contributed by atoms with Crippen molar-refractivity contribution < 1.29 is 30.5 Å². The summed E-state index contributed by atoms with van der Waals surface area (Å²) in [6, 6.07) is 0. The molecule has 0 unspecified atom stereocenters. The molecule has 0 aliphatic carbocycles. The van der Waals surface area contributed by atoms with Gasteiger partial charge in [0.1, 0.15) is 0 Å². The van der Waals surface area contributed by atoms with Crippen molar-refractivity contribution in [1.29, 1.82) is 0 Å². The van der Waals surface area contributed by atoms with Gasteiger partial charge in [0.15, 0.2) is 0 Å². The summed E-state index contributed by atoms with van der Waals surface area (Å²) in [5.41, 5.74) is -5.53. The summed E-state index contributed by atoms with van der Waals surface area (Å²) >= 11 is 0. The molecule has 0 amide bonds. The fourth-order valence-corrected chi connectivity index (χ4v) is 0. The van der Waals surface area contributed by atoms with Gasteiger partial charge < -0.3 is 0 Å². The first kappa shape index (κ1) is 13.2. The third-order valence-corrected chi connectivity index (χ3v) is 0.877. The number of alkyl halides is 4. The van der Waals surface area contributed by atoms with E-state index in [1.165, 1.54) is 6.92 Å². The molecule has 0 radical (unpaired) electrons. The maximum atomic E-state index is 10.7. The second-order valence-electron chi connectivity index (χ2n) is 1.19. The molecule has 0 rings (SSSR count). The zero-order valence-corrected chi connectivity index (χ0v) is 6.21. The molecule has 8 heteroatoms. The summed E-state index contributed by atoms with van der Waals surface area (Å²) < 4.78 is 67.8. The smallest absolute Gasteiger partial charge is 0.279 e. The standard InChI is InChI=1S/C2H5F.CHF3O3S/c1-2-3;2-1(3,4)8(5,6)7/h2H2,1H3;(H,5,6,7). The quantitative estimate of drug-likeness (QED) is 0.363. The van der Waals surface area contributed by atoms with Crippen LogP contribution in [0.4, 0.5) is 17.6 Å². The van der Waals surface area contributed by atoms with Gasteiger partial charge in [-0.3, -0.25) is 8.94 Å².